The van der Waals surface area contributed by atoms with E-state index in [1.165, 1.54) is 25.7 Å². The van der Waals surface area contributed by atoms with Gasteiger partial charge in [-0.15, -0.1) is 5.10 Å². The van der Waals surface area contributed by atoms with Gasteiger partial charge in [0.05, 0.1) is 23.8 Å². The van der Waals surface area contributed by atoms with Crippen molar-refractivity contribution in [3.05, 3.63) is 36.7 Å². The third kappa shape index (κ3) is 2.84. The Morgan fingerprint density at radius 2 is 1.95 bits per heavy atom. The zero-order chi connectivity index (χ0) is 14.0. The monoisotopic (exact) mass is 270 g/mol. The van der Waals surface area contributed by atoms with Crippen LogP contribution in [0.3, 0.4) is 0 Å². The average Bonchev–Trinajstić information content (AvgIpc) is 2.96. The van der Waals surface area contributed by atoms with Crippen molar-refractivity contribution in [2.75, 3.05) is 5.32 Å². The molecule has 1 aliphatic rings. The summed E-state index contributed by atoms with van der Waals surface area (Å²) in [7, 11) is 0. The van der Waals surface area contributed by atoms with E-state index >= 15 is 0 Å². The molecule has 1 heterocycles. The number of hydrogen-bond acceptors (Lipinski definition) is 3. The van der Waals surface area contributed by atoms with Gasteiger partial charge >= 0.3 is 0 Å². The van der Waals surface area contributed by atoms with Gasteiger partial charge in [-0.05, 0) is 43.2 Å². The number of nitrogens with zero attached hydrogens (tertiary/aromatic N) is 3. The van der Waals surface area contributed by atoms with E-state index in [1.807, 2.05) is 16.9 Å². The summed E-state index contributed by atoms with van der Waals surface area (Å²) in [6.45, 7) is 4.74. The molecule has 1 aromatic carbocycles. The zero-order valence-electron chi connectivity index (χ0n) is 12.2. The van der Waals surface area contributed by atoms with E-state index in [4.69, 9.17) is 0 Å². The summed E-state index contributed by atoms with van der Waals surface area (Å²) in [6.07, 6.45) is 8.63. The highest BCUT2D eigenvalue weighted by Crippen LogP contribution is 2.36. The summed E-state index contributed by atoms with van der Waals surface area (Å²) < 4.78 is 1.81. The topological polar surface area (TPSA) is 42.7 Å². The molecule has 1 aromatic heterocycles. The molecule has 0 saturated heterocycles. The van der Waals surface area contributed by atoms with Gasteiger partial charge in [0.1, 0.15) is 0 Å². The number of benzene rings is 1. The fraction of sp³-hybridized carbons (Fsp3) is 0.500. The van der Waals surface area contributed by atoms with Gasteiger partial charge in [-0.1, -0.05) is 31.2 Å². The molecule has 0 spiro atoms. The minimum Gasteiger partial charge on any atom is -0.381 e. The van der Waals surface area contributed by atoms with Gasteiger partial charge in [-0.2, -0.15) is 0 Å². The highest BCUT2D eigenvalue weighted by Gasteiger charge is 2.26. The van der Waals surface area contributed by atoms with Gasteiger partial charge in [-0.25, -0.2) is 4.68 Å². The minimum atomic E-state index is 0.504. The van der Waals surface area contributed by atoms with Crippen molar-refractivity contribution in [1.82, 2.24) is 15.0 Å². The standard InChI is InChI=1S/C16H22N4/c1-16(2)9-7-13(8-10-16)18-14-5-3-4-6-15(14)20-12-11-17-19-20/h3-6,11-13,18H,7-10H2,1-2H3. The third-order valence-electron chi connectivity index (χ3n) is 4.27. The van der Waals surface area contributed by atoms with Gasteiger partial charge in [0.2, 0.25) is 0 Å². The van der Waals surface area contributed by atoms with Gasteiger partial charge in [0.15, 0.2) is 0 Å². The second-order valence-electron chi connectivity index (χ2n) is 6.45. The lowest BCUT2D eigenvalue weighted by molar-refractivity contribution is 0.232. The second kappa shape index (κ2) is 5.27. The number of hydrogen-bond donors (Lipinski definition) is 1. The third-order valence-corrected chi connectivity index (χ3v) is 4.27. The Kier molecular flexibility index (Phi) is 3.47. The van der Waals surface area contributed by atoms with Crippen molar-refractivity contribution < 1.29 is 0 Å². The SMILES string of the molecule is CC1(C)CCC(Nc2ccccc2-n2ccnn2)CC1. The highest BCUT2D eigenvalue weighted by atomic mass is 15.4. The fourth-order valence-electron chi connectivity index (χ4n) is 2.90. The van der Waals surface area contributed by atoms with Crippen molar-refractivity contribution in [1.29, 1.82) is 0 Å². The molecule has 1 aliphatic carbocycles. The predicted octanol–water partition coefficient (Wildman–Crippen LogP) is 3.65. The zero-order valence-corrected chi connectivity index (χ0v) is 12.2. The molecule has 0 radical (unpaired) electrons. The van der Waals surface area contributed by atoms with Crippen molar-refractivity contribution in [3.63, 3.8) is 0 Å². The number of nitrogens with one attached hydrogen (secondary N) is 1. The van der Waals surface area contributed by atoms with Crippen LogP contribution in [-0.4, -0.2) is 21.0 Å². The smallest absolute Gasteiger partial charge is 0.0894 e. The molecule has 0 aliphatic heterocycles. The van der Waals surface area contributed by atoms with Crippen LogP contribution in [0.1, 0.15) is 39.5 Å². The van der Waals surface area contributed by atoms with Crippen LogP contribution in [0.25, 0.3) is 5.69 Å². The molecule has 4 nitrogen and oxygen atoms in total. The van der Waals surface area contributed by atoms with E-state index in [1.54, 1.807) is 6.20 Å². The Hall–Kier alpha value is -1.84. The maximum Gasteiger partial charge on any atom is 0.0894 e. The minimum absolute atomic E-state index is 0.504. The molecule has 3 rings (SSSR count). The average molecular weight is 270 g/mol. The second-order valence-corrected chi connectivity index (χ2v) is 6.45. The van der Waals surface area contributed by atoms with E-state index in [9.17, 15) is 0 Å². The normalized spacial score (nSPS) is 18.9. The number of aromatic nitrogens is 3. The molecular weight excluding hydrogens is 248 g/mol. The molecule has 1 saturated carbocycles. The summed E-state index contributed by atoms with van der Waals surface area (Å²) in [5.74, 6) is 0. The Labute approximate surface area is 120 Å². The van der Waals surface area contributed by atoms with Gasteiger partial charge in [-0.3, -0.25) is 0 Å². The van der Waals surface area contributed by atoms with Crippen LogP contribution in [0, 0.1) is 5.41 Å². The number of para-hydroxylation sites is 2. The Bertz CT molecular complexity index is 550. The van der Waals surface area contributed by atoms with Crippen molar-refractivity contribution in [2.45, 2.75) is 45.6 Å². The number of rotatable bonds is 3. The van der Waals surface area contributed by atoms with Crippen LogP contribution in [-0.2, 0) is 0 Å². The summed E-state index contributed by atoms with van der Waals surface area (Å²) in [6, 6.07) is 8.86. The fourth-order valence-corrected chi connectivity index (χ4v) is 2.90. The van der Waals surface area contributed by atoms with E-state index in [2.05, 4.69) is 47.7 Å². The molecule has 1 fully saturated rings. The lowest BCUT2D eigenvalue weighted by atomic mass is 9.75. The van der Waals surface area contributed by atoms with E-state index in [0.29, 0.717) is 11.5 Å². The molecule has 20 heavy (non-hydrogen) atoms. The Morgan fingerprint density at radius 1 is 1.20 bits per heavy atom. The number of anilines is 1. The molecule has 0 amide bonds. The van der Waals surface area contributed by atoms with E-state index in [0.717, 1.165) is 11.4 Å². The van der Waals surface area contributed by atoms with Gasteiger partial charge in [0.25, 0.3) is 0 Å². The van der Waals surface area contributed by atoms with Crippen molar-refractivity contribution >= 4 is 5.69 Å². The maximum atomic E-state index is 4.09. The van der Waals surface area contributed by atoms with Gasteiger partial charge < -0.3 is 5.32 Å². The lowest BCUT2D eigenvalue weighted by Crippen LogP contribution is -2.30. The first-order valence-corrected chi connectivity index (χ1v) is 7.36. The van der Waals surface area contributed by atoms with Crippen LogP contribution in [0.15, 0.2) is 36.7 Å². The summed E-state index contributed by atoms with van der Waals surface area (Å²) >= 11 is 0. The first kappa shape index (κ1) is 13.2. The largest absolute Gasteiger partial charge is 0.381 e. The molecule has 0 bridgehead atoms. The Morgan fingerprint density at radius 3 is 2.65 bits per heavy atom. The molecule has 0 unspecified atom stereocenters. The van der Waals surface area contributed by atoms with Crippen LogP contribution < -0.4 is 5.32 Å². The van der Waals surface area contributed by atoms with Crippen molar-refractivity contribution in [2.24, 2.45) is 5.41 Å². The highest BCUT2D eigenvalue weighted by molar-refractivity contribution is 5.60. The first-order valence-electron chi connectivity index (χ1n) is 7.36. The summed E-state index contributed by atoms with van der Waals surface area (Å²) in [5.41, 5.74) is 2.71. The molecule has 4 heteroatoms. The van der Waals surface area contributed by atoms with Crippen molar-refractivity contribution in [3.8, 4) is 5.69 Å². The van der Waals surface area contributed by atoms with Crippen LogP contribution in [0.4, 0.5) is 5.69 Å². The maximum absolute atomic E-state index is 4.09. The van der Waals surface area contributed by atoms with Gasteiger partial charge in [0, 0.05) is 6.04 Å². The summed E-state index contributed by atoms with van der Waals surface area (Å²) in [4.78, 5) is 0. The van der Waals surface area contributed by atoms with Crippen LogP contribution in [0.2, 0.25) is 0 Å². The molecule has 2 aromatic rings. The van der Waals surface area contributed by atoms with Crippen LogP contribution in [0.5, 0.6) is 0 Å². The van der Waals surface area contributed by atoms with E-state index in [-0.39, 0.29) is 0 Å². The lowest BCUT2D eigenvalue weighted by Gasteiger charge is -2.35. The molecular formula is C16H22N4. The quantitative estimate of drug-likeness (QED) is 0.925. The predicted molar refractivity (Wildman–Crippen MR) is 81.0 cm³/mol. The Balaban J connectivity index is 1.75. The first-order chi connectivity index (χ1) is 9.64. The molecule has 0 atom stereocenters. The van der Waals surface area contributed by atoms with Crippen LogP contribution >= 0.6 is 0 Å². The molecule has 106 valence electrons. The summed E-state index contributed by atoms with van der Waals surface area (Å²) in [5, 5.41) is 11.7. The molecule has 1 N–H and O–H groups in total. The van der Waals surface area contributed by atoms with E-state index < -0.39 is 0 Å².